The Balaban J connectivity index is 1.11. The van der Waals surface area contributed by atoms with Crippen LogP contribution < -0.4 is 4.72 Å². The van der Waals surface area contributed by atoms with E-state index in [-0.39, 0.29) is 23.3 Å². The Hall–Kier alpha value is -1.67. The Bertz CT molecular complexity index is 1140. The SMILES string of the molecule is CCC(c1cc(F)cc(Cl)c1)N1CCC2(CC1)CC(COCc1cc(F)c(C(=O)NSC)cc1C1CC1)C2. The van der Waals surface area contributed by atoms with Crippen molar-refractivity contribution >= 4 is 29.5 Å². The van der Waals surface area contributed by atoms with Crippen LogP contribution in [0.4, 0.5) is 8.78 Å². The van der Waals surface area contributed by atoms with Crippen molar-refractivity contribution in [3.8, 4) is 0 Å². The van der Waals surface area contributed by atoms with E-state index in [1.165, 1.54) is 36.9 Å². The number of nitrogens with one attached hydrogen (secondary N) is 1. The van der Waals surface area contributed by atoms with Gasteiger partial charge < -0.3 is 4.74 Å². The third kappa shape index (κ3) is 6.22. The Labute approximate surface area is 234 Å². The van der Waals surface area contributed by atoms with Gasteiger partial charge in [0.1, 0.15) is 11.6 Å². The van der Waals surface area contributed by atoms with E-state index in [9.17, 15) is 13.6 Å². The molecule has 1 unspecified atom stereocenters. The monoisotopic (exact) mass is 562 g/mol. The number of carbonyl (C=O) groups is 1. The molecule has 2 saturated carbocycles. The molecule has 4 nitrogen and oxygen atoms in total. The third-order valence-corrected chi connectivity index (χ3v) is 9.30. The van der Waals surface area contributed by atoms with E-state index in [1.807, 2.05) is 6.07 Å². The number of carbonyl (C=O) groups excluding carboxylic acids is 1. The fourth-order valence-electron chi connectivity index (χ4n) is 6.66. The Morgan fingerprint density at radius 2 is 1.92 bits per heavy atom. The maximum Gasteiger partial charge on any atom is 0.264 e. The lowest BCUT2D eigenvalue weighted by atomic mass is 9.57. The van der Waals surface area contributed by atoms with Gasteiger partial charge in [-0.25, -0.2) is 8.78 Å². The lowest BCUT2D eigenvalue weighted by Crippen LogP contribution is -2.48. The predicted octanol–water partition coefficient (Wildman–Crippen LogP) is 7.66. The molecule has 1 N–H and O–H groups in total. The molecule has 1 saturated heterocycles. The van der Waals surface area contributed by atoms with Crippen molar-refractivity contribution < 1.29 is 18.3 Å². The van der Waals surface area contributed by atoms with Crippen LogP contribution in [-0.4, -0.2) is 36.8 Å². The molecule has 0 radical (unpaired) electrons. The smallest absolute Gasteiger partial charge is 0.264 e. The molecule has 0 bridgehead atoms. The highest BCUT2D eigenvalue weighted by molar-refractivity contribution is 7.97. The van der Waals surface area contributed by atoms with Gasteiger partial charge in [0.05, 0.1) is 12.2 Å². The van der Waals surface area contributed by atoms with Gasteiger partial charge in [-0.15, -0.1) is 0 Å². The Kier molecular flexibility index (Phi) is 8.68. The second-order valence-electron chi connectivity index (χ2n) is 11.4. The minimum absolute atomic E-state index is 0.114. The lowest BCUT2D eigenvalue weighted by Gasteiger charge is -2.53. The molecule has 3 aliphatic rings. The first kappa shape index (κ1) is 27.9. The number of nitrogens with zero attached hydrogens (tertiary/aromatic N) is 1. The summed E-state index contributed by atoms with van der Waals surface area (Å²) < 4.78 is 37.4. The molecule has 5 rings (SSSR count). The molecule has 1 spiro atoms. The number of rotatable bonds is 10. The van der Waals surface area contributed by atoms with Crippen LogP contribution in [0.15, 0.2) is 30.3 Å². The van der Waals surface area contributed by atoms with Crippen molar-refractivity contribution in [1.82, 2.24) is 9.62 Å². The average molecular weight is 563 g/mol. The van der Waals surface area contributed by atoms with Crippen LogP contribution >= 0.6 is 23.5 Å². The normalized spacial score (nSPS) is 20.3. The zero-order chi connectivity index (χ0) is 26.9. The first-order chi connectivity index (χ1) is 18.3. The van der Waals surface area contributed by atoms with Gasteiger partial charge in [-0.05, 0) is 122 Å². The van der Waals surface area contributed by atoms with Crippen molar-refractivity contribution in [3.05, 3.63) is 69.2 Å². The fraction of sp³-hybridized carbons (Fsp3) is 0.567. The molecule has 1 heterocycles. The topological polar surface area (TPSA) is 41.6 Å². The molecule has 1 atom stereocenters. The van der Waals surface area contributed by atoms with Gasteiger partial charge in [-0.3, -0.25) is 14.4 Å². The maximum absolute atomic E-state index is 14.7. The first-order valence-corrected chi connectivity index (χ1v) is 15.3. The molecule has 1 amide bonds. The van der Waals surface area contributed by atoms with E-state index in [4.69, 9.17) is 16.3 Å². The van der Waals surface area contributed by atoms with Crippen LogP contribution in [0.1, 0.15) is 90.9 Å². The molecule has 8 heteroatoms. The van der Waals surface area contributed by atoms with Gasteiger partial charge in [0.25, 0.3) is 5.91 Å². The summed E-state index contributed by atoms with van der Waals surface area (Å²) in [5.41, 5.74) is 3.40. The summed E-state index contributed by atoms with van der Waals surface area (Å²) in [5, 5.41) is 0.456. The molecule has 3 fully saturated rings. The Morgan fingerprint density at radius 3 is 2.55 bits per heavy atom. The van der Waals surface area contributed by atoms with Gasteiger partial charge >= 0.3 is 0 Å². The first-order valence-electron chi connectivity index (χ1n) is 13.7. The number of ether oxygens (including phenoxy) is 1. The number of hydrogen-bond donors (Lipinski definition) is 1. The standard InChI is InChI=1S/C30H37ClF2N2O2S/c1-3-28(21-10-23(31)13-24(32)11-21)35-8-6-30(7-9-35)15-19(16-30)17-37-18-22-12-27(33)26(29(36)34-38-2)14-25(22)20-4-5-20/h10-14,19-20,28H,3-9,15-18H2,1-2H3,(H,34,36). The molecule has 2 aromatic rings. The highest BCUT2D eigenvalue weighted by Crippen LogP contribution is 2.53. The van der Waals surface area contributed by atoms with E-state index in [0.717, 1.165) is 61.9 Å². The van der Waals surface area contributed by atoms with E-state index in [0.29, 0.717) is 35.5 Å². The van der Waals surface area contributed by atoms with Crippen LogP contribution in [-0.2, 0) is 11.3 Å². The quantitative estimate of drug-likeness (QED) is 0.302. The predicted molar refractivity (Wildman–Crippen MR) is 149 cm³/mol. The van der Waals surface area contributed by atoms with Crippen molar-refractivity contribution in [2.75, 3.05) is 26.0 Å². The summed E-state index contributed by atoms with van der Waals surface area (Å²) in [6.45, 7) is 5.25. The molecule has 1 aliphatic heterocycles. The van der Waals surface area contributed by atoms with Crippen LogP contribution in [0, 0.1) is 23.0 Å². The summed E-state index contributed by atoms with van der Waals surface area (Å²) >= 11 is 7.30. The second kappa shape index (κ2) is 11.8. The maximum atomic E-state index is 14.7. The van der Waals surface area contributed by atoms with Crippen LogP contribution in [0.25, 0.3) is 0 Å². The van der Waals surface area contributed by atoms with Crippen molar-refractivity contribution in [3.63, 3.8) is 0 Å². The molecule has 38 heavy (non-hydrogen) atoms. The number of halogens is 3. The fourth-order valence-corrected chi connectivity index (χ4v) is 7.19. The number of amides is 1. The molecule has 2 aromatic carbocycles. The van der Waals surface area contributed by atoms with Crippen molar-refractivity contribution in [1.29, 1.82) is 0 Å². The zero-order valence-corrected chi connectivity index (χ0v) is 23.8. The van der Waals surface area contributed by atoms with Crippen LogP contribution in [0.3, 0.4) is 0 Å². The van der Waals surface area contributed by atoms with Gasteiger partial charge in [0.2, 0.25) is 0 Å². The van der Waals surface area contributed by atoms with Crippen LogP contribution in [0.5, 0.6) is 0 Å². The molecule has 2 aliphatic carbocycles. The summed E-state index contributed by atoms with van der Waals surface area (Å²) in [7, 11) is 0. The Morgan fingerprint density at radius 1 is 1.18 bits per heavy atom. The highest BCUT2D eigenvalue weighted by atomic mass is 35.5. The van der Waals surface area contributed by atoms with Crippen LogP contribution in [0.2, 0.25) is 5.02 Å². The number of piperidine rings is 1. The molecular formula is C30H37ClF2N2O2S. The average Bonchev–Trinajstić information content (AvgIpc) is 3.69. The molecule has 206 valence electrons. The van der Waals surface area contributed by atoms with Crippen molar-refractivity contribution in [2.24, 2.45) is 11.3 Å². The van der Waals surface area contributed by atoms with Gasteiger partial charge in [0, 0.05) is 23.9 Å². The molecular weight excluding hydrogens is 526 g/mol. The van der Waals surface area contributed by atoms with Crippen molar-refractivity contribution in [2.45, 2.75) is 70.4 Å². The minimum Gasteiger partial charge on any atom is -0.376 e. The summed E-state index contributed by atoms with van der Waals surface area (Å²) in [6.07, 6.45) is 9.47. The van der Waals surface area contributed by atoms with Gasteiger partial charge in [-0.1, -0.05) is 30.5 Å². The molecule has 0 aromatic heterocycles. The largest absolute Gasteiger partial charge is 0.376 e. The zero-order valence-electron chi connectivity index (χ0n) is 22.2. The van der Waals surface area contributed by atoms with Gasteiger partial charge in [0.15, 0.2) is 0 Å². The number of benzene rings is 2. The highest BCUT2D eigenvalue weighted by Gasteiger charge is 2.46. The summed E-state index contributed by atoms with van der Waals surface area (Å²) in [5.74, 6) is -0.209. The second-order valence-corrected chi connectivity index (χ2v) is 12.4. The number of hydrogen-bond acceptors (Lipinski definition) is 4. The van der Waals surface area contributed by atoms with E-state index >= 15 is 0 Å². The van der Waals surface area contributed by atoms with E-state index in [1.54, 1.807) is 18.4 Å². The van der Waals surface area contributed by atoms with E-state index in [2.05, 4.69) is 16.5 Å². The van der Waals surface area contributed by atoms with E-state index < -0.39 is 5.82 Å². The minimum atomic E-state index is -0.486. The van der Waals surface area contributed by atoms with Gasteiger partial charge in [-0.2, -0.15) is 0 Å². The third-order valence-electron chi connectivity index (χ3n) is 8.70. The summed E-state index contributed by atoms with van der Waals surface area (Å²) in [6, 6.07) is 8.30. The summed E-state index contributed by atoms with van der Waals surface area (Å²) in [4.78, 5) is 14.7. The lowest BCUT2D eigenvalue weighted by molar-refractivity contribution is -0.0594. The number of likely N-dealkylation sites (tertiary alicyclic amines) is 1.